The predicted molar refractivity (Wildman–Crippen MR) is 49.5 cm³/mol. The number of carbonyl (C=O) groups is 1. The lowest BCUT2D eigenvalue weighted by Crippen LogP contribution is -2.03. The molecule has 1 N–H and O–H groups in total. The summed E-state index contributed by atoms with van der Waals surface area (Å²) in [7, 11) is 0. The van der Waals surface area contributed by atoms with Crippen LogP contribution in [0.1, 0.15) is 10.4 Å². The summed E-state index contributed by atoms with van der Waals surface area (Å²) < 4.78 is 4.90. The van der Waals surface area contributed by atoms with Crippen molar-refractivity contribution in [2.75, 3.05) is 6.61 Å². The van der Waals surface area contributed by atoms with Crippen LogP contribution in [-0.4, -0.2) is 17.7 Å². The number of carboxylic acids is 1. The van der Waals surface area contributed by atoms with E-state index in [0.717, 1.165) is 0 Å². The Balaban J connectivity index is 3.10. The van der Waals surface area contributed by atoms with Crippen LogP contribution in [-0.2, 0) is 0 Å². The van der Waals surface area contributed by atoms with Gasteiger partial charge in [-0.25, -0.2) is 4.79 Å². The van der Waals surface area contributed by atoms with Crippen molar-refractivity contribution in [2.45, 2.75) is 0 Å². The van der Waals surface area contributed by atoms with E-state index in [1.54, 1.807) is 6.07 Å². The number of rotatable bonds is 3. The number of para-hydroxylation sites is 1. The van der Waals surface area contributed by atoms with E-state index in [0.29, 0.717) is 0 Å². The van der Waals surface area contributed by atoms with Gasteiger partial charge in [-0.1, -0.05) is 17.7 Å². The molecule has 1 rings (SSSR count). The largest absolute Gasteiger partial charge is 0.478 e. The SMILES string of the molecule is N#CCOc1c(Cl)cccc1C(=O)O. The van der Waals surface area contributed by atoms with Gasteiger partial charge in [0.25, 0.3) is 0 Å². The third kappa shape index (κ3) is 2.15. The molecule has 14 heavy (non-hydrogen) atoms. The van der Waals surface area contributed by atoms with E-state index in [9.17, 15) is 4.79 Å². The van der Waals surface area contributed by atoms with Crippen LogP contribution in [0.4, 0.5) is 0 Å². The Morgan fingerprint density at radius 2 is 2.36 bits per heavy atom. The monoisotopic (exact) mass is 211 g/mol. The summed E-state index contributed by atoms with van der Waals surface area (Å²) in [5, 5.41) is 17.2. The molecule has 0 heterocycles. The lowest BCUT2D eigenvalue weighted by Gasteiger charge is -2.06. The molecular weight excluding hydrogens is 206 g/mol. The van der Waals surface area contributed by atoms with Crippen molar-refractivity contribution >= 4 is 17.6 Å². The Kier molecular flexibility index (Phi) is 3.32. The number of ether oxygens (including phenoxy) is 1. The van der Waals surface area contributed by atoms with E-state index < -0.39 is 5.97 Å². The second kappa shape index (κ2) is 4.49. The Hall–Kier alpha value is -1.73. The molecule has 0 bridgehead atoms. The Bertz CT molecular complexity index is 398. The number of carboxylic acid groups (broad SMARTS) is 1. The van der Waals surface area contributed by atoms with Gasteiger partial charge in [-0.15, -0.1) is 0 Å². The summed E-state index contributed by atoms with van der Waals surface area (Å²) in [6, 6.07) is 6.10. The fourth-order valence-corrected chi connectivity index (χ4v) is 1.16. The van der Waals surface area contributed by atoms with E-state index >= 15 is 0 Å². The fraction of sp³-hybridized carbons (Fsp3) is 0.111. The number of nitriles is 1. The van der Waals surface area contributed by atoms with Gasteiger partial charge in [0, 0.05) is 0 Å². The van der Waals surface area contributed by atoms with Crippen LogP contribution in [0.3, 0.4) is 0 Å². The van der Waals surface area contributed by atoms with Crippen LogP contribution in [0.15, 0.2) is 18.2 Å². The van der Waals surface area contributed by atoms with Crippen LogP contribution in [0.25, 0.3) is 0 Å². The van der Waals surface area contributed by atoms with Crippen molar-refractivity contribution in [1.29, 1.82) is 5.26 Å². The highest BCUT2D eigenvalue weighted by atomic mass is 35.5. The summed E-state index contributed by atoms with van der Waals surface area (Å²) in [5.41, 5.74) is -0.0484. The zero-order valence-corrected chi connectivity index (χ0v) is 7.78. The Labute approximate surface area is 85.3 Å². The summed E-state index contributed by atoms with van der Waals surface area (Å²) in [6.45, 7) is -0.232. The minimum Gasteiger partial charge on any atom is -0.478 e. The van der Waals surface area contributed by atoms with Crippen molar-refractivity contribution in [2.24, 2.45) is 0 Å². The first-order chi connectivity index (χ1) is 6.66. The highest BCUT2D eigenvalue weighted by Gasteiger charge is 2.13. The van der Waals surface area contributed by atoms with E-state index in [1.165, 1.54) is 18.2 Å². The van der Waals surface area contributed by atoms with Crippen molar-refractivity contribution in [3.8, 4) is 11.8 Å². The maximum Gasteiger partial charge on any atom is 0.339 e. The number of hydrogen-bond acceptors (Lipinski definition) is 3. The lowest BCUT2D eigenvalue weighted by atomic mass is 10.2. The molecule has 72 valence electrons. The number of hydrogen-bond donors (Lipinski definition) is 1. The van der Waals surface area contributed by atoms with Gasteiger partial charge < -0.3 is 9.84 Å². The van der Waals surface area contributed by atoms with Crippen molar-refractivity contribution < 1.29 is 14.6 Å². The summed E-state index contributed by atoms with van der Waals surface area (Å²) in [4.78, 5) is 10.7. The molecule has 0 saturated heterocycles. The molecule has 0 aliphatic heterocycles. The molecule has 0 spiro atoms. The second-order valence-electron chi connectivity index (χ2n) is 2.37. The first kappa shape index (κ1) is 10.4. The molecule has 0 unspecified atom stereocenters. The van der Waals surface area contributed by atoms with Crippen LogP contribution >= 0.6 is 11.6 Å². The average Bonchev–Trinajstić information content (AvgIpc) is 2.15. The van der Waals surface area contributed by atoms with E-state index in [4.69, 9.17) is 26.7 Å². The molecule has 0 saturated carbocycles. The number of nitrogens with zero attached hydrogens (tertiary/aromatic N) is 1. The van der Waals surface area contributed by atoms with Gasteiger partial charge in [-0.3, -0.25) is 0 Å². The van der Waals surface area contributed by atoms with Gasteiger partial charge in [-0.05, 0) is 12.1 Å². The van der Waals surface area contributed by atoms with Crippen LogP contribution in [0, 0.1) is 11.3 Å². The smallest absolute Gasteiger partial charge is 0.339 e. The third-order valence-electron chi connectivity index (χ3n) is 1.48. The molecule has 0 atom stereocenters. The van der Waals surface area contributed by atoms with Crippen LogP contribution in [0.2, 0.25) is 5.02 Å². The van der Waals surface area contributed by atoms with Gasteiger partial charge in [0.2, 0.25) is 0 Å². The Morgan fingerprint density at radius 1 is 1.64 bits per heavy atom. The zero-order chi connectivity index (χ0) is 10.6. The van der Waals surface area contributed by atoms with Gasteiger partial charge in [0.15, 0.2) is 12.4 Å². The minimum atomic E-state index is -1.14. The van der Waals surface area contributed by atoms with Crippen molar-refractivity contribution in [1.82, 2.24) is 0 Å². The molecule has 0 radical (unpaired) electrons. The van der Waals surface area contributed by atoms with Gasteiger partial charge in [0.1, 0.15) is 11.6 Å². The molecule has 0 amide bonds. The number of benzene rings is 1. The maximum absolute atomic E-state index is 10.7. The highest BCUT2D eigenvalue weighted by Crippen LogP contribution is 2.28. The molecule has 0 aliphatic rings. The molecule has 0 aliphatic carbocycles. The predicted octanol–water partition coefficient (Wildman–Crippen LogP) is 1.94. The quantitative estimate of drug-likeness (QED) is 0.830. The van der Waals surface area contributed by atoms with E-state index in [1.807, 2.05) is 0 Å². The fourth-order valence-electron chi connectivity index (χ4n) is 0.928. The molecular formula is C9H6ClNO3. The molecule has 1 aromatic rings. The minimum absolute atomic E-state index is 0.0308. The third-order valence-corrected chi connectivity index (χ3v) is 1.78. The summed E-state index contributed by atoms with van der Waals surface area (Å²) in [5.74, 6) is -1.11. The van der Waals surface area contributed by atoms with Gasteiger partial charge in [-0.2, -0.15) is 5.26 Å². The molecule has 0 aromatic heterocycles. The summed E-state index contributed by atoms with van der Waals surface area (Å²) in [6.07, 6.45) is 0. The first-order valence-corrected chi connectivity index (χ1v) is 4.06. The maximum atomic E-state index is 10.7. The van der Waals surface area contributed by atoms with Crippen molar-refractivity contribution in [3.63, 3.8) is 0 Å². The lowest BCUT2D eigenvalue weighted by molar-refractivity contribution is 0.0693. The van der Waals surface area contributed by atoms with Crippen molar-refractivity contribution in [3.05, 3.63) is 28.8 Å². The second-order valence-corrected chi connectivity index (χ2v) is 2.78. The Morgan fingerprint density at radius 3 is 2.93 bits per heavy atom. The zero-order valence-electron chi connectivity index (χ0n) is 7.03. The molecule has 1 aromatic carbocycles. The van der Waals surface area contributed by atoms with E-state index in [2.05, 4.69) is 0 Å². The highest BCUT2D eigenvalue weighted by molar-refractivity contribution is 6.32. The van der Waals surface area contributed by atoms with Crippen LogP contribution < -0.4 is 4.74 Å². The topological polar surface area (TPSA) is 70.3 Å². The van der Waals surface area contributed by atoms with E-state index in [-0.39, 0.29) is 22.9 Å². The van der Waals surface area contributed by atoms with Gasteiger partial charge in [0.05, 0.1) is 5.02 Å². The number of halogens is 1. The molecule has 5 heteroatoms. The number of aromatic carboxylic acids is 1. The normalized spacial score (nSPS) is 9.14. The van der Waals surface area contributed by atoms with Gasteiger partial charge >= 0.3 is 5.97 Å². The average molecular weight is 212 g/mol. The standard InChI is InChI=1S/C9H6ClNO3/c10-7-3-1-2-6(9(12)13)8(7)14-5-4-11/h1-3H,5H2,(H,12,13). The molecule has 4 nitrogen and oxygen atoms in total. The first-order valence-electron chi connectivity index (χ1n) is 3.68. The van der Waals surface area contributed by atoms with Crippen LogP contribution in [0.5, 0.6) is 5.75 Å². The molecule has 0 fully saturated rings. The summed E-state index contributed by atoms with van der Waals surface area (Å²) >= 11 is 5.71.